The summed E-state index contributed by atoms with van der Waals surface area (Å²) in [4.78, 5) is 18.9. The molecule has 0 aromatic heterocycles. The molecule has 1 aliphatic heterocycles. The van der Waals surface area contributed by atoms with E-state index in [0.717, 1.165) is 31.4 Å². The van der Waals surface area contributed by atoms with E-state index in [0.29, 0.717) is 36.0 Å². The Morgan fingerprint density at radius 1 is 1.44 bits per heavy atom. The first-order valence-electron chi connectivity index (χ1n) is 11.2. The third-order valence-corrected chi connectivity index (χ3v) is 4.95. The average molecular weight is 523 g/mol. The van der Waals surface area contributed by atoms with E-state index >= 15 is 0 Å². The lowest BCUT2D eigenvalue weighted by atomic mass is 10.0. The van der Waals surface area contributed by atoms with Crippen LogP contribution in [0, 0.1) is 11.2 Å². The molecule has 1 aromatic rings. The van der Waals surface area contributed by atoms with Gasteiger partial charge in [0.1, 0.15) is 13.0 Å². The zero-order valence-electron chi connectivity index (χ0n) is 21.5. The molecule has 1 fully saturated rings. The van der Waals surface area contributed by atoms with Crippen molar-refractivity contribution in [2.45, 2.75) is 30.9 Å². The molecule has 0 saturated carbocycles. The summed E-state index contributed by atoms with van der Waals surface area (Å²) in [6.45, 7) is 7.43. The number of aryl methyl sites for hydroxylation is 1. The smallest absolute Gasteiger partial charge is 0.168 e. The van der Waals surface area contributed by atoms with Crippen LogP contribution in [0.25, 0.3) is 0 Å². The van der Waals surface area contributed by atoms with Gasteiger partial charge in [0.15, 0.2) is 11.6 Å². The Labute approximate surface area is 219 Å². The minimum Gasteiger partial charge on any atom is -0.494 e. The molecule has 0 unspecified atom stereocenters. The van der Waals surface area contributed by atoms with Crippen molar-refractivity contribution in [2.24, 2.45) is 15.7 Å². The first kappa shape index (κ1) is 33.0. The van der Waals surface area contributed by atoms with Crippen LogP contribution in [-0.2, 0) is 11.2 Å². The van der Waals surface area contributed by atoms with Crippen LogP contribution in [0.2, 0.25) is 0 Å². The molecule has 1 saturated heterocycles. The Balaban J connectivity index is 0.00000102. The fraction of sp³-hybridized carbons (Fsp3) is 0.440. The van der Waals surface area contributed by atoms with Crippen molar-refractivity contribution in [3.8, 4) is 5.75 Å². The third kappa shape index (κ3) is 13.8. The molecular formula is C25H39FN6O3S. The first-order valence-corrected chi connectivity index (χ1v) is 11.7. The topological polar surface area (TPSA) is 134 Å². The SMILES string of the molecule is C=N/C=C(\C=N/CN/C(C=N)=C/N)CCc1cc(C=O)cc(OC)c1F.CNC.C[C@@]1(S)CCOC1. The zero-order valence-corrected chi connectivity index (χ0v) is 22.4. The number of carbonyl (C=O) groups is 1. The van der Waals surface area contributed by atoms with Gasteiger partial charge in [-0.25, -0.2) is 4.39 Å². The van der Waals surface area contributed by atoms with Crippen LogP contribution in [0.5, 0.6) is 5.75 Å². The van der Waals surface area contributed by atoms with Gasteiger partial charge in [-0.05, 0) is 70.3 Å². The first-order chi connectivity index (χ1) is 17.2. The van der Waals surface area contributed by atoms with Gasteiger partial charge in [0.25, 0.3) is 0 Å². The molecule has 1 aliphatic rings. The highest BCUT2D eigenvalue weighted by molar-refractivity contribution is 7.81. The van der Waals surface area contributed by atoms with E-state index in [9.17, 15) is 9.18 Å². The lowest BCUT2D eigenvalue weighted by molar-refractivity contribution is 0.112. The number of methoxy groups -OCH3 is 1. The van der Waals surface area contributed by atoms with Crippen LogP contribution in [-0.4, -0.2) is 71.3 Å². The molecular weight excluding hydrogens is 483 g/mol. The number of allylic oxidation sites excluding steroid dienone is 2. The Hall–Kier alpha value is -3.02. The number of hydrogen-bond acceptors (Lipinski definition) is 10. The third-order valence-electron chi connectivity index (χ3n) is 4.60. The molecule has 2 rings (SSSR count). The van der Waals surface area contributed by atoms with Crippen molar-refractivity contribution in [3.63, 3.8) is 0 Å². The van der Waals surface area contributed by atoms with E-state index < -0.39 is 5.82 Å². The normalized spacial score (nSPS) is 17.4. The van der Waals surface area contributed by atoms with Gasteiger partial charge in [-0.1, -0.05) is 0 Å². The van der Waals surface area contributed by atoms with Crippen LogP contribution in [0.1, 0.15) is 35.7 Å². The summed E-state index contributed by atoms with van der Waals surface area (Å²) in [5.74, 6) is -0.464. The number of nitrogens with two attached hydrogens (primary N) is 1. The summed E-state index contributed by atoms with van der Waals surface area (Å²) in [5.41, 5.74) is 7.19. The largest absolute Gasteiger partial charge is 0.494 e. The molecule has 0 aliphatic carbocycles. The minimum absolute atomic E-state index is 0.0302. The molecule has 0 bridgehead atoms. The Morgan fingerprint density at radius 2 is 2.14 bits per heavy atom. The maximum Gasteiger partial charge on any atom is 0.168 e. The van der Waals surface area contributed by atoms with Crippen molar-refractivity contribution >= 4 is 38.1 Å². The van der Waals surface area contributed by atoms with Crippen LogP contribution >= 0.6 is 12.6 Å². The summed E-state index contributed by atoms with van der Waals surface area (Å²) in [6.07, 6.45) is 7.96. The number of rotatable bonds is 11. The van der Waals surface area contributed by atoms with Crippen LogP contribution < -0.4 is 21.1 Å². The Morgan fingerprint density at radius 3 is 2.58 bits per heavy atom. The van der Waals surface area contributed by atoms with Crippen molar-refractivity contribution in [1.82, 2.24) is 10.6 Å². The number of nitrogens with one attached hydrogen (secondary N) is 3. The van der Waals surface area contributed by atoms with E-state index in [-0.39, 0.29) is 17.2 Å². The van der Waals surface area contributed by atoms with Gasteiger partial charge in [0.05, 0.1) is 19.4 Å². The van der Waals surface area contributed by atoms with E-state index in [1.54, 1.807) is 6.21 Å². The van der Waals surface area contributed by atoms with Gasteiger partial charge < -0.3 is 31.3 Å². The molecule has 0 radical (unpaired) electrons. The van der Waals surface area contributed by atoms with Crippen LogP contribution in [0.4, 0.5) is 4.39 Å². The molecule has 0 amide bonds. The van der Waals surface area contributed by atoms with Crippen molar-refractivity contribution in [3.05, 3.63) is 52.7 Å². The fourth-order valence-electron chi connectivity index (χ4n) is 2.75. The summed E-state index contributed by atoms with van der Waals surface area (Å²) in [7, 11) is 5.10. The van der Waals surface area contributed by atoms with Crippen molar-refractivity contribution < 1.29 is 18.7 Å². The molecule has 11 heteroatoms. The van der Waals surface area contributed by atoms with E-state index in [1.165, 1.54) is 31.6 Å². The standard InChI is InChI=1S/C18H22FN5O2.C5H10OS.C2H7N/c1-22-9-13(10-23-12-24-16(7-20)8-21)3-4-15-5-14(11-25)6-17(26-2)18(15)19;1-5(7)2-3-6-4-5;1-3-2/h5-11,20,24H,1,3-4,12,21H2,2H3;7H,2-4H2,1H3;3H,1-2H3/b13-9-,16-8+,20-7?,23-10-;;/t;5-;/m.1./s1. The Bertz CT molecular complexity index is 911. The Kier molecular flexibility index (Phi) is 17.6. The second-order valence-electron chi connectivity index (χ2n) is 7.91. The highest BCUT2D eigenvalue weighted by atomic mass is 32.1. The highest BCUT2D eigenvalue weighted by Crippen LogP contribution is 2.24. The van der Waals surface area contributed by atoms with Crippen molar-refractivity contribution in [2.75, 3.05) is 41.1 Å². The zero-order chi connectivity index (χ0) is 27.4. The molecule has 9 nitrogen and oxygen atoms in total. The van der Waals surface area contributed by atoms with Gasteiger partial charge in [0.2, 0.25) is 0 Å². The number of aliphatic imine (C=N–C) groups is 2. The van der Waals surface area contributed by atoms with E-state index in [4.69, 9.17) is 20.6 Å². The number of ether oxygens (including phenoxy) is 2. The number of hydrogen-bond donors (Lipinski definition) is 5. The number of halogens is 1. The average Bonchev–Trinajstić information content (AvgIpc) is 3.27. The van der Waals surface area contributed by atoms with E-state index in [2.05, 4.69) is 46.9 Å². The van der Waals surface area contributed by atoms with Crippen LogP contribution in [0.15, 0.2) is 45.8 Å². The monoisotopic (exact) mass is 522 g/mol. The molecule has 1 aromatic carbocycles. The van der Waals surface area contributed by atoms with Crippen molar-refractivity contribution in [1.29, 1.82) is 5.41 Å². The number of nitrogens with zero attached hydrogens (tertiary/aromatic N) is 2. The number of carbonyl (C=O) groups excluding carboxylic acids is 1. The maximum absolute atomic E-state index is 14.3. The molecule has 200 valence electrons. The lowest BCUT2D eigenvalue weighted by Crippen LogP contribution is -2.15. The van der Waals surface area contributed by atoms with E-state index in [1.807, 2.05) is 14.1 Å². The summed E-state index contributed by atoms with van der Waals surface area (Å²) >= 11 is 4.32. The lowest BCUT2D eigenvalue weighted by Gasteiger charge is -2.10. The molecule has 1 heterocycles. The highest BCUT2D eigenvalue weighted by Gasteiger charge is 2.24. The molecule has 5 N–H and O–H groups in total. The minimum atomic E-state index is -0.494. The number of aldehydes is 1. The second-order valence-corrected chi connectivity index (χ2v) is 8.99. The molecule has 0 spiro atoms. The number of thiol groups is 1. The second kappa shape index (κ2) is 19.2. The molecule has 36 heavy (non-hydrogen) atoms. The quantitative estimate of drug-likeness (QED) is 0.172. The fourth-order valence-corrected chi connectivity index (χ4v) is 2.93. The number of benzene rings is 1. The maximum atomic E-state index is 14.3. The van der Waals surface area contributed by atoms with Gasteiger partial charge in [0, 0.05) is 41.7 Å². The van der Waals surface area contributed by atoms with Gasteiger partial charge in [-0.3, -0.25) is 14.8 Å². The summed E-state index contributed by atoms with van der Waals surface area (Å²) in [6, 6.07) is 2.85. The predicted molar refractivity (Wildman–Crippen MR) is 150 cm³/mol. The van der Waals surface area contributed by atoms with Crippen LogP contribution in [0.3, 0.4) is 0 Å². The summed E-state index contributed by atoms with van der Waals surface area (Å²) in [5, 5.41) is 12.7. The predicted octanol–water partition coefficient (Wildman–Crippen LogP) is 3.16. The van der Waals surface area contributed by atoms with Gasteiger partial charge >= 0.3 is 0 Å². The summed E-state index contributed by atoms with van der Waals surface area (Å²) < 4.78 is 24.5. The van der Waals surface area contributed by atoms with Gasteiger partial charge in [-0.15, -0.1) is 0 Å². The van der Waals surface area contributed by atoms with Gasteiger partial charge in [-0.2, -0.15) is 12.6 Å². The molecule has 1 atom stereocenters.